The highest BCUT2D eigenvalue weighted by Crippen LogP contribution is 1.98. The molecule has 72 valence electrons. The summed E-state index contributed by atoms with van der Waals surface area (Å²) in [7, 11) is 0. The predicted molar refractivity (Wildman–Crippen MR) is 44.2 cm³/mol. The van der Waals surface area contributed by atoms with Crippen LogP contribution in [0.3, 0.4) is 0 Å². The topological polar surface area (TPSA) is 44.8 Å². The van der Waals surface area contributed by atoms with Gasteiger partial charge in [0, 0.05) is 24.8 Å². The molecule has 0 N–H and O–H groups in total. The molecule has 5 heteroatoms. The van der Waals surface area contributed by atoms with Gasteiger partial charge in [-0.1, -0.05) is 0 Å². The van der Waals surface area contributed by atoms with E-state index in [4.69, 9.17) is 21.1 Å². The summed E-state index contributed by atoms with van der Waals surface area (Å²) < 4.78 is 14.6. The zero-order valence-electron chi connectivity index (χ0n) is 7.21. The second-order valence-corrected chi connectivity index (χ2v) is 2.20. The SMILES string of the molecule is CCOC(COC(=O)Cl)OCC. The highest BCUT2D eigenvalue weighted by molar-refractivity contribution is 6.61. The summed E-state index contributed by atoms with van der Waals surface area (Å²) in [5.74, 6) is 0. The average molecular weight is 197 g/mol. The van der Waals surface area contributed by atoms with Gasteiger partial charge in [0.25, 0.3) is 0 Å². The van der Waals surface area contributed by atoms with Crippen LogP contribution in [0.5, 0.6) is 0 Å². The summed E-state index contributed by atoms with van der Waals surface area (Å²) in [6.07, 6.45) is -0.511. The Morgan fingerprint density at radius 3 is 2.17 bits per heavy atom. The van der Waals surface area contributed by atoms with Crippen LogP contribution in [0.15, 0.2) is 0 Å². The van der Waals surface area contributed by atoms with Gasteiger partial charge >= 0.3 is 5.43 Å². The molecule has 0 aromatic heterocycles. The van der Waals surface area contributed by atoms with E-state index in [9.17, 15) is 4.79 Å². The first kappa shape index (κ1) is 11.7. The number of carbonyl (C=O) groups excluding carboxylic acids is 1. The van der Waals surface area contributed by atoms with E-state index < -0.39 is 11.7 Å². The van der Waals surface area contributed by atoms with Crippen molar-refractivity contribution in [2.24, 2.45) is 0 Å². The van der Waals surface area contributed by atoms with Crippen LogP contribution < -0.4 is 0 Å². The molecule has 0 rings (SSSR count). The Labute approximate surface area is 76.7 Å². The summed E-state index contributed by atoms with van der Waals surface area (Å²) in [6.45, 7) is 4.70. The maximum absolute atomic E-state index is 10.2. The first-order valence-corrected chi connectivity index (χ1v) is 4.14. The molecule has 0 saturated carbocycles. The fourth-order valence-electron chi connectivity index (χ4n) is 0.650. The van der Waals surface area contributed by atoms with E-state index in [2.05, 4.69) is 4.74 Å². The Hall–Kier alpha value is -0.320. The maximum atomic E-state index is 10.2. The first-order valence-electron chi connectivity index (χ1n) is 3.76. The molecule has 0 aromatic carbocycles. The zero-order chi connectivity index (χ0) is 9.40. The van der Waals surface area contributed by atoms with Gasteiger partial charge in [0.1, 0.15) is 6.61 Å². The molecule has 0 radical (unpaired) electrons. The molecule has 12 heavy (non-hydrogen) atoms. The largest absolute Gasteiger partial charge is 0.448 e. The fourth-order valence-corrected chi connectivity index (χ4v) is 0.713. The smallest absolute Gasteiger partial charge is 0.403 e. The van der Waals surface area contributed by atoms with Crippen LogP contribution in [0, 0.1) is 0 Å². The summed E-state index contributed by atoms with van der Waals surface area (Å²) in [5.41, 5.74) is -0.848. The van der Waals surface area contributed by atoms with Gasteiger partial charge < -0.3 is 14.2 Å². The second-order valence-electron chi connectivity index (χ2n) is 1.89. The molecular formula is C7H13ClO4. The van der Waals surface area contributed by atoms with Crippen molar-refractivity contribution < 1.29 is 19.0 Å². The molecule has 0 bridgehead atoms. The van der Waals surface area contributed by atoms with Gasteiger partial charge in [-0.3, -0.25) is 0 Å². The molecule has 0 amide bonds. The predicted octanol–water partition coefficient (Wildman–Crippen LogP) is 1.76. The van der Waals surface area contributed by atoms with E-state index in [1.54, 1.807) is 0 Å². The van der Waals surface area contributed by atoms with Gasteiger partial charge in [-0.15, -0.1) is 0 Å². The Kier molecular flexibility index (Phi) is 7.14. The van der Waals surface area contributed by atoms with Crippen LogP contribution in [-0.2, 0) is 14.2 Å². The Morgan fingerprint density at radius 2 is 1.83 bits per heavy atom. The van der Waals surface area contributed by atoms with Gasteiger partial charge in [0.15, 0.2) is 6.29 Å². The highest BCUT2D eigenvalue weighted by atomic mass is 35.5. The normalized spacial score (nSPS) is 10.3. The minimum absolute atomic E-state index is 0.0318. The molecule has 0 fully saturated rings. The first-order chi connectivity index (χ1) is 5.70. The minimum Gasteiger partial charge on any atom is -0.448 e. The third kappa shape index (κ3) is 6.39. The molecular weight excluding hydrogens is 184 g/mol. The zero-order valence-corrected chi connectivity index (χ0v) is 7.97. The lowest BCUT2D eigenvalue weighted by Crippen LogP contribution is -2.24. The Bertz CT molecular complexity index is 123. The number of ether oxygens (including phenoxy) is 3. The lowest BCUT2D eigenvalue weighted by Gasteiger charge is -2.15. The van der Waals surface area contributed by atoms with E-state index in [1.165, 1.54) is 0 Å². The third-order valence-corrected chi connectivity index (χ3v) is 1.15. The van der Waals surface area contributed by atoms with Crippen molar-refractivity contribution in [2.45, 2.75) is 20.1 Å². The summed E-state index contributed by atoms with van der Waals surface area (Å²) in [5, 5.41) is 0. The van der Waals surface area contributed by atoms with Gasteiger partial charge in [-0.05, 0) is 13.8 Å². The molecule has 0 aliphatic carbocycles. The maximum Gasteiger partial charge on any atom is 0.403 e. The third-order valence-electron chi connectivity index (χ3n) is 1.04. The standard InChI is InChI=1S/C7H13ClO4/c1-3-10-6(11-4-2)5-12-7(8)9/h6H,3-5H2,1-2H3. The van der Waals surface area contributed by atoms with E-state index >= 15 is 0 Å². The van der Waals surface area contributed by atoms with Crippen molar-refractivity contribution in [3.8, 4) is 0 Å². The Morgan fingerprint density at radius 1 is 1.33 bits per heavy atom. The van der Waals surface area contributed by atoms with Crippen LogP contribution in [0.25, 0.3) is 0 Å². The van der Waals surface area contributed by atoms with Gasteiger partial charge in [-0.25, -0.2) is 4.79 Å². The van der Waals surface area contributed by atoms with Crippen LogP contribution in [0.4, 0.5) is 4.79 Å². The number of hydrogen-bond donors (Lipinski definition) is 0. The lowest BCUT2D eigenvalue weighted by atomic mass is 10.6. The average Bonchev–Trinajstić information content (AvgIpc) is 2.01. The lowest BCUT2D eigenvalue weighted by molar-refractivity contribution is -0.155. The molecule has 0 saturated heterocycles. The van der Waals surface area contributed by atoms with Crippen molar-refractivity contribution in [1.29, 1.82) is 0 Å². The summed E-state index contributed by atoms with van der Waals surface area (Å²) in [4.78, 5) is 10.2. The number of halogens is 1. The van der Waals surface area contributed by atoms with E-state index in [-0.39, 0.29) is 6.61 Å². The van der Waals surface area contributed by atoms with Crippen LogP contribution >= 0.6 is 11.6 Å². The minimum atomic E-state index is -0.848. The highest BCUT2D eigenvalue weighted by Gasteiger charge is 2.09. The fraction of sp³-hybridized carbons (Fsp3) is 0.857. The van der Waals surface area contributed by atoms with Gasteiger partial charge in [0.2, 0.25) is 0 Å². The van der Waals surface area contributed by atoms with Crippen LogP contribution in [-0.4, -0.2) is 31.5 Å². The summed E-state index contributed by atoms with van der Waals surface area (Å²) in [6, 6.07) is 0. The molecule has 0 heterocycles. The second kappa shape index (κ2) is 7.34. The van der Waals surface area contributed by atoms with Crippen molar-refractivity contribution in [2.75, 3.05) is 19.8 Å². The van der Waals surface area contributed by atoms with Crippen LogP contribution in [0.2, 0.25) is 0 Å². The monoisotopic (exact) mass is 196 g/mol. The Balaban J connectivity index is 3.54. The van der Waals surface area contributed by atoms with Crippen molar-refractivity contribution in [3.63, 3.8) is 0 Å². The molecule has 0 aliphatic heterocycles. The van der Waals surface area contributed by atoms with Crippen molar-refractivity contribution >= 4 is 17.0 Å². The molecule has 0 aromatic rings. The number of carbonyl (C=O) groups is 1. The van der Waals surface area contributed by atoms with E-state index in [0.29, 0.717) is 13.2 Å². The molecule has 0 atom stereocenters. The number of rotatable bonds is 6. The van der Waals surface area contributed by atoms with Gasteiger partial charge in [-0.2, -0.15) is 0 Å². The number of hydrogen-bond acceptors (Lipinski definition) is 4. The van der Waals surface area contributed by atoms with E-state index in [1.807, 2.05) is 13.8 Å². The quantitative estimate of drug-likeness (QED) is 0.480. The van der Waals surface area contributed by atoms with Crippen molar-refractivity contribution in [1.82, 2.24) is 0 Å². The molecule has 0 unspecified atom stereocenters. The van der Waals surface area contributed by atoms with E-state index in [0.717, 1.165) is 0 Å². The molecule has 0 spiro atoms. The van der Waals surface area contributed by atoms with Crippen molar-refractivity contribution in [3.05, 3.63) is 0 Å². The van der Waals surface area contributed by atoms with Gasteiger partial charge in [0.05, 0.1) is 0 Å². The summed E-state index contributed by atoms with van der Waals surface area (Å²) >= 11 is 4.95. The molecule has 0 aliphatic rings. The van der Waals surface area contributed by atoms with Crippen LogP contribution in [0.1, 0.15) is 13.8 Å². The molecule has 4 nitrogen and oxygen atoms in total.